The summed E-state index contributed by atoms with van der Waals surface area (Å²) in [4.78, 5) is 16.1. The number of piperidine rings is 1. The highest BCUT2D eigenvalue weighted by Crippen LogP contribution is 2.20. The van der Waals surface area contributed by atoms with E-state index in [1.165, 1.54) is 15.9 Å². The Bertz CT molecular complexity index is 883. The Hall–Kier alpha value is -2.51. The van der Waals surface area contributed by atoms with Crippen LogP contribution < -0.4 is 5.32 Å². The summed E-state index contributed by atoms with van der Waals surface area (Å²) in [7, 11) is -3.48. The summed E-state index contributed by atoms with van der Waals surface area (Å²) < 4.78 is 26.7. The van der Waals surface area contributed by atoms with Gasteiger partial charge in [0.25, 0.3) is 5.91 Å². The smallest absolute Gasteiger partial charge is 0.252 e. The van der Waals surface area contributed by atoms with E-state index in [-0.39, 0.29) is 11.8 Å². The molecule has 0 aliphatic carbocycles. The molecule has 2 heterocycles. The van der Waals surface area contributed by atoms with Crippen LogP contribution in [0.25, 0.3) is 6.08 Å². The standard InChI is InChI=1S/C20H23N3O3S/c24-20(19-9-4-11-21-15-19)22-14-18-8-5-12-23(16-18)27(25,26)13-10-17-6-2-1-3-7-17/h1-4,6-7,9-11,13,15,18H,5,8,12,14,16H2,(H,22,24)/b13-10+. The summed E-state index contributed by atoms with van der Waals surface area (Å²) in [6.45, 7) is 1.37. The Morgan fingerprint density at radius 2 is 2.04 bits per heavy atom. The van der Waals surface area contributed by atoms with Gasteiger partial charge in [-0.1, -0.05) is 30.3 Å². The van der Waals surface area contributed by atoms with Crippen LogP contribution in [0.1, 0.15) is 28.8 Å². The van der Waals surface area contributed by atoms with Crippen molar-refractivity contribution in [3.8, 4) is 0 Å². The second kappa shape index (κ2) is 8.92. The van der Waals surface area contributed by atoms with E-state index in [4.69, 9.17) is 0 Å². The number of benzene rings is 1. The number of nitrogens with zero attached hydrogens (tertiary/aromatic N) is 2. The van der Waals surface area contributed by atoms with E-state index >= 15 is 0 Å². The molecule has 1 N–H and O–H groups in total. The van der Waals surface area contributed by atoms with Crippen molar-refractivity contribution in [2.75, 3.05) is 19.6 Å². The average Bonchev–Trinajstić information content (AvgIpc) is 2.72. The first-order chi connectivity index (χ1) is 13.0. The zero-order valence-electron chi connectivity index (χ0n) is 15.0. The molecule has 6 nitrogen and oxygen atoms in total. The largest absolute Gasteiger partial charge is 0.352 e. The van der Waals surface area contributed by atoms with Crippen molar-refractivity contribution < 1.29 is 13.2 Å². The lowest BCUT2D eigenvalue weighted by Gasteiger charge is -2.31. The second-order valence-corrected chi connectivity index (χ2v) is 8.39. The molecule has 1 aromatic heterocycles. The van der Waals surface area contributed by atoms with E-state index in [9.17, 15) is 13.2 Å². The molecular formula is C20H23N3O3S. The molecule has 1 amide bonds. The number of hydrogen-bond acceptors (Lipinski definition) is 4. The van der Waals surface area contributed by atoms with Crippen molar-refractivity contribution in [3.05, 3.63) is 71.4 Å². The van der Waals surface area contributed by atoms with Gasteiger partial charge in [0, 0.05) is 37.4 Å². The first-order valence-corrected chi connectivity index (χ1v) is 10.5. The maximum absolute atomic E-state index is 12.6. The molecule has 3 rings (SSSR count). The fourth-order valence-corrected chi connectivity index (χ4v) is 4.38. The highest BCUT2D eigenvalue weighted by atomic mass is 32.2. The molecule has 27 heavy (non-hydrogen) atoms. The number of rotatable bonds is 6. The van der Waals surface area contributed by atoms with Gasteiger partial charge in [-0.25, -0.2) is 8.42 Å². The van der Waals surface area contributed by atoms with E-state index in [0.717, 1.165) is 18.4 Å². The molecule has 1 atom stereocenters. The van der Waals surface area contributed by atoms with Crippen molar-refractivity contribution in [1.82, 2.24) is 14.6 Å². The molecule has 0 bridgehead atoms. The van der Waals surface area contributed by atoms with Crippen molar-refractivity contribution in [3.63, 3.8) is 0 Å². The lowest BCUT2D eigenvalue weighted by atomic mass is 9.99. The van der Waals surface area contributed by atoms with Gasteiger partial charge < -0.3 is 5.32 Å². The summed E-state index contributed by atoms with van der Waals surface area (Å²) in [5.41, 5.74) is 1.35. The van der Waals surface area contributed by atoms with Gasteiger partial charge in [0.05, 0.1) is 5.56 Å². The molecule has 1 fully saturated rings. The zero-order chi connectivity index (χ0) is 19.1. The average molecular weight is 385 g/mol. The molecule has 1 saturated heterocycles. The quantitative estimate of drug-likeness (QED) is 0.829. The lowest BCUT2D eigenvalue weighted by molar-refractivity contribution is 0.0941. The fraction of sp³-hybridized carbons (Fsp3) is 0.300. The molecule has 1 aromatic carbocycles. The Morgan fingerprint density at radius 1 is 1.22 bits per heavy atom. The number of amides is 1. The number of nitrogens with one attached hydrogen (secondary N) is 1. The summed E-state index contributed by atoms with van der Waals surface area (Å²) in [6, 6.07) is 12.8. The van der Waals surface area contributed by atoms with Gasteiger partial charge in [0.15, 0.2) is 0 Å². The van der Waals surface area contributed by atoms with Crippen LogP contribution in [0.4, 0.5) is 0 Å². The molecular weight excluding hydrogens is 362 g/mol. The number of carbonyl (C=O) groups excluding carboxylic acids is 1. The van der Waals surface area contributed by atoms with Crippen molar-refractivity contribution in [2.24, 2.45) is 5.92 Å². The number of pyridine rings is 1. The number of sulfonamides is 1. The van der Waals surface area contributed by atoms with Crippen LogP contribution in [-0.2, 0) is 10.0 Å². The second-order valence-electron chi connectivity index (χ2n) is 6.58. The van der Waals surface area contributed by atoms with E-state index in [2.05, 4.69) is 10.3 Å². The predicted molar refractivity (Wildman–Crippen MR) is 105 cm³/mol. The molecule has 0 saturated carbocycles. The van der Waals surface area contributed by atoms with Gasteiger partial charge in [-0.05, 0) is 42.5 Å². The third-order valence-electron chi connectivity index (χ3n) is 4.55. The highest BCUT2D eigenvalue weighted by molar-refractivity contribution is 7.92. The molecule has 2 aromatic rings. The van der Waals surface area contributed by atoms with Gasteiger partial charge >= 0.3 is 0 Å². The van der Waals surface area contributed by atoms with Crippen molar-refractivity contribution in [1.29, 1.82) is 0 Å². The minimum Gasteiger partial charge on any atom is -0.352 e. The molecule has 1 aliphatic heterocycles. The van der Waals surface area contributed by atoms with Gasteiger partial charge in [-0.15, -0.1) is 0 Å². The van der Waals surface area contributed by atoms with Gasteiger partial charge in [-0.2, -0.15) is 4.31 Å². The van der Waals surface area contributed by atoms with Crippen molar-refractivity contribution in [2.45, 2.75) is 12.8 Å². The topological polar surface area (TPSA) is 79.4 Å². The number of carbonyl (C=O) groups is 1. The van der Waals surface area contributed by atoms with Gasteiger partial charge in [-0.3, -0.25) is 9.78 Å². The molecule has 0 spiro atoms. The van der Waals surface area contributed by atoms with E-state index in [0.29, 0.717) is 25.2 Å². The van der Waals surface area contributed by atoms with Crippen LogP contribution in [0.2, 0.25) is 0 Å². The van der Waals surface area contributed by atoms with Crippen molar-refractivity contribution >= 4 is 22.0 Å². The maximum atomic E-state index is 12.6. The molecule has 7 heteroatoms. The Balaban J connectivity index is 1.57. The first kappa shape index (κ1) is 19.3. The third kappa shape index (κ3) is 5.48. The van der Waals surface area contributed by atoms with Gasteiger partial charge in [0.1, 0.15) is 0 Å². The minimum absolute atomic E-state index is 0.0965. The molecule has 142 valence electrons. The summed E-state index contributed by atoms with van der Waals surface area (Å²) in [5.74, 6) is -0.0914. The highest BCUT2D eigenvalue weighted by Gasteiger charge is 2.27. The van der Waals surface area contributed by atoms with E-state index in [1.54, 1.807) is 24.4 Å². The molecule has 1 aliphatic rings. The molecule has 1 unspecified atom stereocenters. The van der Waals surface area contributed by atoms with E-state index < -0.39 is 10.0 Å². The summed E-state index contributed by atoms with van der Waals surface area (Å²) in [5, 5.41) is 4.14. The van der Waals surface area contributed by atoms with Crippen LogP contribution in [-0.4, -0.2) is 43.2 Å². The number of hydrogen-bond donors (Lipinski definition) is 1. The maximum Gasteiger partial charge on any atom is 0.252 e. The monoisotopic (exact) mass is 385 g/mol. The fourth-order valence-electron chi connectivity index (χ4n) is 3.08. The lowest BCUT2D eigenvalue weighted by Crippen LogP contribution is -2.43. The van der Waals surface area contributed by atoms with Gasteiger partial charge in [0.2, 0.25) is 10.0 Å². The van der Waals surface area contributed by atoms with E-state index in [1.807, 2.05) is 30.3 Å². The van der Waals surface area contributed by atoms with Crippen LogP contribution in [0.5, 0.6) is 0 Å². The molecule has 0 radical (unpaired) electrons. The zero-order valence-corrected chi connectivity index (χ0v) is 15.8. The Kier molecular flexibility index (Phi) is 6.36. The Labute approximate surface area is 160 Å². The third-order valence-corrected chi connectivity index (χ3v) is 6.08. The first-order valence-electron chi connectivity index (χ1n) is 8.96. The van der Waals surface area contributed by atoms with Crippen LogP contribution >= 0.6 is 0 Å². The Morgan fingerprint density at radius 3 is 2.78 bits per heavy atom. The summed E-state index contributed by atoms with van der Waals surface area (Å²) >= 11 is 0. The van der Waals surface area contributed by atoms with Crippen LogP contribution in [0.3, 0.4) is 0 Å². The summed E-state index contributed by atoms with van der Waals surface area (Å²) in [6.07, 6.45) is 6.42. The normalized spacial score (nSPS) is 18.4. The minimum atomic E-state index is -3.48. The number of aromatic nitrogens is 1. The van der Waals surface area contributed by atoms with Crippen LogP contribution in [0.15, 0.2) is 60.3 Å². The predicted octanol–water partition coefficient (Wildman–Crippen LogP) is 2.52. The SMILES string of the molecule is O=C(NCC1CCCN(S(=O)(=O)/C=C/c2ccccc2)C1)c1cccnc1. The van der Waals surface area contributed by atoms with Crippen LogP contribution in [0, 0.1) is 5.92 Å².